The lowest BCUT2D eigenvalue weighted by atomic mass is 9.68. The van der Waals surface area contributed by atoms with Gasteiger partial charge in [-0.1, -0.05) is 121 Å². The summed E-state index contributed by atoms with van der Waals surface area (Å²) in [6.07, 6.45) is 1.70. The molecule has 2 bridgehead atoms. The van der Waals surface area contributed by atoms with Gasteiger partial charge in [-0.2, -0.15) is 0 Å². The summed E-state index contributed by atoms with van der Waals surface area (Å²) < 4.78 is 14.3. The van der Waals surface area contributed by atoms with E-state index < -0.39 is 22.9 Å². The van der Waals surface area contributed by atoms with Gasteiger partial charge in [0, 0.05) is 17.6 Å². The molecule has 1 saturated carbocycles. The summed E-state index contributed by atoms with van der Waals surface area (Å²) in [4.78, 5) is 14.5. The number of ether oxygens (including phenoxy) is 2. The van der Waals surface area contributed by atoms with Crippen LogP contribution in [0.1, 0.15) is 48.4 Å². The van der Waals surface area contributed by atoms with E-state index in [9.17, 15) is 4.79 Å². The molecule has 196 valence electrons. The van der Waals surface area contributed by atoms with Crippen LogP contribution >= 0.6 is 0 Å². The number of benzene rings is 4. The molecule has 0 unspecified atom stereocenters. The zero-order valence-electron chi connectivity index (χ0n) is 22.5. The average molecular weight is 523 g/mol. The molecule has 4 aromatic carbocycles. The lowest BCUT2D eigenvalue weighted by Gasteiger charge is -2.44. The third-order valence-corrected chi connectivity index (χ3v) is 9.55. The standard InChI is InChI=1S/C37H30O3/c1-35-23-14-24-36(35)39-34(33(35)38)37(40-36)31(27-19-10-4-11-20-27)29(25-15-6-2-7-16-25)30(26-17-8-3-9-18-26)32(37)28-21-12-5-13-22-28/h2-13,15-22,34H,14,23-24H2,1H3/t34-,35+,36-/m0/s1. The van der Waals surface area contributed by atoms with Crippen LogP contribution in [-0.2, 0) is 14.3 Å². The number of carbonyl (C=O) groups is 1. The first-order valence-corrected chi connectivity index (χ1v) is 14.2. The van der Waals surface area contributed by atoms with Crippen molar-refractivity contribution in [2.45, 2.75) is 43.7 Å². The van der Waals surface area contributed by atoms with Gasteiger partial charge in [0.2, 0.25) is 0 Å². The largest absolute Gasteiger partial charge is 0.334 e. The van der Waals surface area contributed by atoms with Crippen LogP contribution in [-0.4, -0.2) is 23.3 Å². The molecule has 0 N–H and O–H groups in total. The van der Waals surface area contributed by atoms with Crippen molar-refractivity contribution in [1.82, 2.24) is 0 Å². The van der Waals surface area contributed by atoms with Gasteiger partial charge < -0.3 is 9.47 Å². The molecule has 40 heavy (non-hydrogen) atoms. The van der Waals surface area contributed by atoms with E-state index in [1.165, 1.54) is 0 Å². The fourth-order valence-corrected chi connectivity index (χ4v) is 7.77. The first-order chi connectivity index (χ1) is 19.6. The molecule has 4 aromatic rings. The molecule has 4 aliphatic rings. The monoisotopic (exact) mass is 522 g/mol. The van der Waals surface area contributed by atoms with Crippen molar-refractivity contribution in [2.24, 2.45) is 5.41 Å². The minimum absolute atomic E-state index is 0.167. The quantitative estimate of drug-likeness (QED) is 0.274. The average Bonchev–Trinajstić information content (AvgIpc) is 3.69. The second-order valence-electron chi connectivity index (χ2n) is 11.6. The van der Waals surface area contributed by atoms with Crippen LogP contribution in [0, 0.1) is 5.41 Å². The Morgan fingerprint density at radius 2 is 1.02 bits per heavy atom. The maximum atomic E-state index is 14.5. The predicted molar refractivity (Wildman–Crippen MR) is 158 cm³/mol. The SMILES string of the molecule is C[C@]12CCC[C@@]13O[C@@H](C2=O)C1(O3)C(c2ccccc2)=C(c2ccccc2)C(c2ccccc2)=C1c1ccccc1. The summed E-state index contributed by atoms with van der Waals surface area (Å²) >= 11 is 0. The molecule has 2 spiro atoms. The van der Waals surface area contributed by atoms with Gasteiger partial charge in [-0.15, -0.1) is 0 Å². The number of hydrogen-bond acceptors (Lipinski definition) is 3. The molecule has 2 aliphatic heterocycles. The minimum atomic E-state index is -1.08. The lowest BCUT2D eigenvalue weighted by molar-refractivity contribution is -0.205. The Kier molecular flexibility index (Phi) is 5.04. The molecule has 0 aromatic heterocycles. The molecule has 2 aliphatic carbocycles. The number of allylic oxidation sites excluding steroid dienone is 2. The summed E-state index contributed by atoms with van der Waals surface area (Å²) in [5, 5.41) is 0. The van der Waals surface area contributed by atoms with Crippen molar-refractivity contribution in [3.05, 3.63) is 144 Å². The molecule has 3 heteroatoms. The Hall–Kier alpha value is -4.05. The Morgan fingerprint density at radius 1 is 0.600 bits per heavy atom. The van der Waals surface area contributed by atoms with Crippen LogP contribution in [0.2, 0.25) is 0 Å². The zero-order valence-corrected chi connectivity index (χ0v) is 22.5. The van der Waals surface area contributed by atoms with Crippen molar-refractivity contribution < 1.29 is 14.3 Å². The van der Waals surface area contributed by atoms with Crippen LogP contribution in [0.25, 0.3) is 22.3 Å². The molecular weight excluding hydrogens is 492 g/mol. The lowest BCUT2D eigenvalue weighted by Crippen LogP contribution is -2.57. The molecule has 3 fully saturated rings. The third kappa shape index (κ3) is 2.94. The Morgan fingerprint density at radius 3 is 1.48 bits per heavy atom. The fraction of sp³-hybridized carbons (Fsp3) is 0.216. The van der Waals surface area contributed by atoms with Gasteiger partial charge in [-0.3, -0.25) is 4.79 Å². The van der Waals surface area contributed by atoms with Crippen molar-refractivity contribution >= 4 is 28.1 Å². The highest BCUT2D eigenvalue weighted by Gasteiger charge is 2.80. The second-order valence-corrected chi connectivity index (χ2v) is 11.6. The third-order valence-electron chi connectivity index (χ3n) is 9.55. The number of rotatable bonds is 4. The summed E-state index contributed by atoms with van der Waals surface area (Å²) in [5.41, 5.74) is 6.78. The summed E-state index contributed by atoms with van der Waals surface area (Å²) in [6, 6.07) is 42.0. The van der Waals surface area contributed by atoms with E-state index in [4.69, 9.17) is 9.47 Å². The Balaban J connectivity index is 1.55. The molecule has 8 rings (SSSR count). The van der Waals surface area contributed by atoms with Crippen molar-refractivity contribution in [3.8, 4) is 0 Å². The highest BCUT2D eigenvalue weighted by atomic mass is 16.8. The van der Waals surface area contributed by atoms with E-state index >= 15 is 0 Å². The topological polar surface area (TPSA) is 35.5 Å². The van der Waals surface area contributed by atoms with E-state index in [0.29, 0.717) is 0 Å². The van der Waals surface area contributed by atoms with E-state index in [1.807, 2.05) is 24.3 Å². The number of fused-ring (bicyclic) bond motifs is 2. The van der Waals surface area contributed by atoms with Gasteiger partial charge in [0.15, 0.2) is 23.3 Å². The van der Waals surface area contributed by atoms with Crippen LogP contribution < -0.4 is 0 Å². The van der Waals surface area contributed by atoms with E-state index in [2.05, 4.69) is 104 Å². The van der Waals surface area contributed by atoms with E-state index in [-0.39, 0.29) is 5.78 Å². The van der Waals surface area contributed by atoms with Gasteiger partial charge in [0.25, 0.3) is 0 Å². The van der Waals surface area contributed by atoms with Gasteiger partial charge in [0.05, 0.1) is 5.41 Å². The molecule has 3 atom stereocenters. The first-order valence-electron chi connectivity index (χ1n) is 14.2. The fourth-order valence-electron chi connectivity index (χ4n) is 7.77. The highest BCUT2D eigenvalue weighted by Crippen LogP contribution is 2.72. The predicted octanol–water partition coefficient (Wildman–Crippen LogP) is 7.85. The molecule has 0 radical (unpaired) electrons. The van der Waals surface area contributed by atoms with Gasteiger partial charge >= 0.3 is 0 Å². The number of Topliss-reactive ketones (excluding diaryl/α,β-unsaturated/α-hetero) is 1. The number of ketones is 1. The molecule has 0 amide bonds. The maximum Gasteiger partial charge on any atom is 0.183 e. The molecular formula is C37H30O3. The van der Waals surface area contributed by atoms with Gasteiger partial charge in [0.1, 0.15) is 0 Å². The number of carbonyl (C=O) groups excluding carboxylic acids is 1. The molecule has 2 saturated heterocycles. The van der Waals surface area contributed by atoms with Gasteiger partial charge in [-0.25, -0.2) is 0 Å². The smallest absolute Gasteiger partial charge is 0.183 e. The first kappa shape index (κ1) is 23.8. The van der Waals surface area contributed by atoms with Crippen LogP contribution in [0.15, 0.2) is 121 Å². The summed E-state index contributed by atoms with van der Waals surface area (Å²) in [7, 11) is 0. The van der Waals surface area contributed by atoms with Crippen molar-refractivity contribution in [3.63, 3.8) is 0 Å². The normalized spacial score (nSPS) is 28.1. The van der Waals surface area contributed by atoms with Crippen molar-refractivity contribution in [2.75, 3.05) is 0 Å². The summed E-state index contributed by atoms with van der Waals surface area (Å²) in [6.45, 7) is 2.05. The Labute approximate surface area is 234 Å². The Bertz CT molecular complexity index is 1590. The molecule has 3 nitrogen and oxygen atoms in total. The second kappa shape index (κ2) is 8.47. The van der Waals surface area contributed by atoms with Crippen LogP contribution in [0.3, 0.4) is 0 Å². The molecule has 2 heterocycles. The highest BCUT2D eigenvalue weighted by molar-refractivity contribution is 6.32. The van der Waals surface area contributed by atoms with E-state index in [1.54, 1.807) is 0 Å². The minimum Gasteiger partial charge on any atom is -0.334 e. The number of hydrogen-bond donors (Lipinski definition) is 0. The van der Waals surface area contributed by atoms with Crippen LogP contribution in [0.4, 0.5) is 0 Å². The van der Waals surface area contributed by atoms with Crippen molar-refractivity contribution in [1.29, 1.82) is 0 Å². The maximum absolute atomic E-state index is 14.5. The van der Waals surface area contributed by atoms with Gasteiger partial charge in [-0.05, 0) is 53.2 Å². The zero-order chi connectivity index (χ0) is 27.0. The summed E-state index contributed by atoms with van der Waals surface area (Å²) in [5.74, 6) is -0.761. The van der Waals surface area contributed by atoms with E-state index in [0.717, 1.165) is 63.8 Å². The van der Waals surface area contributed by atoms with Crippen LogP contribution in [0.5, 0.6) is 0 Å².